The number of piperidine rings is 1. The van der Waals surface area contributed by atoms with E-state index in [1.165, 1.54) is 0 Å². The van der Waals surface area contributed by atoms with E-state index < -0.39 is 5.92 Å². The number of carbonyl (C=O) groups excluding carboxylic acids is 2. The highest BCUT2D eigenvalue weighted by Crippen LogP contribution is 2.38. The molecule has 3 heterocycles. The van der Waals surface area contributed by atoms with Crippen LogP contribution >= 0.6 is 0 Å². The van der Waals surface area contributed by atoms with Crippen molar-refractivity contribution in [1.29, 1.82) is 0 Å². The van der Waals surface area contributed by atoms with Crippen molar-refractivity contribution in [3.63, 3.8) is 0 Å². The van der Waals surface area contributed by atoms with Gasteiger partial charge in [0, 0.05) is 24.3 Å². The highest BCUT2D eigenvalue weighted by atomic mass is 16.3. The maximum atomic E-state index is 13.1. The van der Waals surface area contributed by atoms with Crippen LogP contribution in [-0.4, -0.2) is 46.6 Å². The van der Waals surface area contributed by atoms with E-state index >= 15 is 0 Å². The quantitative estimate of drug-likeness (QED) is 0.838. The number of hydrogen-bond donors (Lipinski definition) is 1. The van der Waals surface area contributed by atoms with Crippen LogP contribution in [0.3, 0.4) is 0 Å². The summed E-state index contributed by atoms with van der Waals surface area (Å²) in [6.07, 6.45) is 3.51. The van der Waals surface area contributed by atoms with Crippen LogP contribution in [0.4, 0.5) is 5.69 Å². The maximum absolute atomic E-state index is 13.1. The highest BCUT2D eigenvalue weighted by Gasteiger charge is 2.48. The smallest absolute Gasteiger partial charge is 0.239 e. The second kappa shape index (κ2) is 6.13. The Morgan fingerprint density at radius 1 is 1.04 bits per heavy atom. The van der Waals surface area contributed by atoms with Gasteiger partial charge in [-0.25, -0.2) is 0 Å². The normalized spacial score (nSPS) is 31.7. The number of aliphatic hydroxyl groups is 1. The van der Waals surface area contributed by atoms with Gasteiger partial charge in [-0.1, -0.05) is 6.07 Å². The molecule has 0 spiro atoms. The molecule has 0 unspecified atom stereocenters. The van der Waals surface area contributed by atoms with Crippen molar-refractivity contribution in [1.82, 2.24) is 4.90 Å². The molecule has 3 atom stereocenters. The summed E-state index contributed by atoms with van der Waals surface area (Å²) in [7, 11) is 0. The number of anilines is 1. The Bertz CT molecular complexity index is 683. The predicted octanol–water partition coefficient (Wildman–Crippen LogP) is 2.17. The first kappa shape index (κ1) is 16.6. The van der Waals surface area contributed by atoms with Crippen molar-refractivity contribution >= 4 is 17.5 Å². The zero-order valence-electron chi connectivity index (χ0n) is 14.9. The molecule has 1 aromatic rings. The topological polar surface area (TPSA) is 60.9 Å². The molecule has 2 amide bonds. The van der Waals surface area contributed by atoms with E-state index in [0.717, 1.165) is 29.7 Å². The summed E-state index contributed by atoms with van der Waals surface area (Å²) in [5.41, 5.74) is 3.15. The van der Waals surface area contributed by atoms with Gasteiger partial charge in [0.05, 0.1) is 6.10 Å². The third-order valence-electron chi connectivity index (χ3n) is 5.98. The van der Waals surface area contributed by atoms with Gasteiger partial charge in [-0.15, -0.1) is 0 Å². The van der Waals surface area contributed by atoms with Gasteiger partial charge in [0.2, 0.25) is 11.8 Å². The molecule has 3 fully saturated rings. The standard InChI is InChI=1S/C20H26N2O3/c1-12-7-13(2)9-16(8-12)21-6-5-18(19(21)24)20(25)22-14-3-4-15(22)11-17(23)10-14/h7-9,14-15,17-18,23H,3-6,10-11H2,1-2H3/t14-,15-,18+/m0/s1. The first-order chi connectivity index (χ1) is 11.9. The zero-order chi connectivity index (χ0) is 17.7. The molecule has 3 aliphatic heterocycles. The Balaban J connectivity index is 1.53. The highest BCUT2D eigenvalue weighted by molar-refractivity contribution is 6.09. The number of aliphatic hydroxyl groups excluding tert-OH is 1. The number of hydrogen-bond acceptors (Lipinski definition) is 3. The first-order valence-electron chi connectivity index (χ1n) is 9.34. The number of carbonyl (C=O) groups is 2. The molecular weight excluding hydrogens is 316 g/mol. The second-order valence-electron chi connectivity index (χ2n) is 7.93. The van der Waals surface area contributed by atoms with Crippen LogP contribution in [0.5, 0.6) is 0 Å². The lowest BCUT2D eigenvalue weighted by Crippen LogP contribution is -2.51. The zero-order valence-corrected chi connectivity index (χ0v) is 14.9. The molecule has 5 heteroatoms. The molecule has 3 aliphatic rings. The SMILES string of the molecule is Cc1cc(C)cc(N2CC[C@@H](C(=O)N3[C@H]4CC[C@H]3CC(O)C4)C2=O)c1. The van der Waals surface area contributed by atoms with Gasteiger partial charge in [0.25, 0.3) is 0 Å². The van der Waals surface area contributed by atoms with Gasteiger partial charge in [-0.3, -0.25) is 9.59 Å². The number of benzene rings is 1. The van der Waals surface area contributed by atoms with E-state index in [9.17, 15) is 14.7 Å². The number of fused-ring (bicyclic) bond motifs is 2. The van der Waals surface area contributed by atoms with Crippen LogP contribution in [0, 0.1) is 19.8 Å². The predicted molar refractivity (Wildman–Crippen MR) is 95.3 cm³/mol. The molecule has 0 saturated carbocycles. The molecule has 0 radical (unpaired) electrons. The molecule has 3 saturated heterocycles. The average Bonchev–Trinajstić information content (AvgIpc) is 3.04. The van der Waals surface area contributed by atoms with Crippen molar-refractivity contribution < 1.29 is 14.7 Å². The van der Waals surface area contributed by atoms with Crippen LogP contribution in [-0.2, 0) is 9.59 Å². The Morgan fingerprint density at radius 2 is 1.64 bits per heavy atom. The number of aryl methyl sites for hydroxylation is 2. The summed E-state index contributed by atoms with van der Waals surface area (Å²) in [6.45, 7) is 4.65. The van der Waals surface area contributed by atoms with Gasteiger partial charge in [-0.05, 0) is 69.2 Å². The summed E-state index contributed by atoms with van der Waals surface area (Å²) >= 11 is 0. The lowest BCUT2D eigenvalue weighted by atomic mass is 9.96. The summed E-state index contributed by atoms with van der Waals surface area (Å²) in [5.74, 6) is -0.643. The van der Waals surface area contributed by atoms with E-state index in [2.05, 4.69) is 6.07 Å². The molecule has 0 aromatic heterocycles. The Labute approximate surface area is 148 Å². The van der Waals surface area contributed by atoms with E-state index in [1.54, 1.807) is 4.90 Å². The van der Waals surface area contributed by atoms with Crippen LogP contribution in [0.25, 0.3) is 0 Å². The second-order valence-corrected chi connectivity index (χ2v) is 7.93. The van der Waals surface area contributed by atoms with Crippen molar-refractivity contribution in [2.24, 2.45) is 5.92 Å². The summed E-state index contributed by atoms with van der Waals surface area (Å²) in [5, 5.41) is 9.94. The molecule has 1 aromatic carbocycles. The van der Waals surface area contributed by atoms with Crippen LogP contribution in [0.1, 0.15) is 43.2 Å². The van der Waals surface area contributed by atoms with Crippen molar-refractivity contribution in [3.05, 3.63) is 29.3 Å². The van der Waals surface area contributed by atoms with E-state index in [1.807, 2.05) is 30.9 Å². The van der Waals surface area contributed by atoms with Crippen molar-refractivity contribution in [3.8, 4) is 0 Å². The van der Waals surface area contributed by atoms with Crippen LogP contribution in [0.2, 0.25) is 0 Å². The fraction of sp³-hybridized carbons (Fsp3) is 0.600. The number of amides is 2. The van der Waals surface area contributed by atoms with E-state index in [4.69, 9.17) is 0 Å². The molecule has 1 N–H and O–H groups in total. The lowest BCUT2D eigenvalue weighted by Gasteiger charge is -2.38. The fourth-order valence-corrected chi connectivity index (χ4v) is 4.96. The van der Waals surface area contributed by atoms with E-state index in [0.29, 0.717) is 25.8 Å². The molecule has 5 nitrogen and oxygen atoms in total. The minimum absolute atomic E-state index is 0.0173. The summed E-state index contributed by atoms with van der Waals surface area (Å²) in [4.78, 5) is 29.7. The van der Waals surface area contributed by atoms with Gasteiger partial charge >= 0.3 is 0 Å². The summed E-state index contributed by atoms with van der Waals surface area (Å²) in [6, 6.07) is 6.34. The van der Waals surface area contributed by atoms with E-state index in [-0.39, 0.29) is 30.0 Å². The molecular formula is C20H26N2O3. The Kier molecular flexibility index (Phi) is 4.07. The van der Waals surface area contributed by atoms with Crippen LogP contribution < -0.4 is 4.90 Å². The van der Waals surface area contributed by atoms with Crippen molar-refractivity contribution in [2.75, 3.05) is 11.4 Å². The van der Waals surface area contributed by atoms with Crippen LogP contribution in [0.15, 0.2) is 18.2 Å². The molecule has 4 rings (SSSR count). The number of nitrogens with zero attached hydrogens (tertiary/aromatic N) is 2. The Morgan fingerprint density at radius 3 is 2.24 bits per heavy atom. The van der Waals surface area contributed by atoms with Gasteiger partial charge in [0.1, 0.15) is 5.92 Å². The van der Waals surface area contributed by atoms with Gasteiger partial charge in [-0.2, -0.15) is 0 Å². The molecule has 2 bridgehead atoms. The third kappa shape index (κ3) is 2.84. The molecule has 0 aliphatic carbocycles. The maximum Gasteiger partial charge on any atom is 0.239 e. The van der Waals surface area contributed by atoms with Gasteiger partial charge < -0.3 is 14.9 Å². The first-order valence-corrected chi connectivity index (χ1v) is 9.34. The minimum atomic E-state index is -0.556. The number of rotatable bonds is 2. The largest absolute Gasteiger partial charge is 0.393 e. The fourth-order valence-electron chi connectivity index (χ4n) is 4.96. The molecule has 134 valence electrons. The monoisotopic (exact) mass is 342 g/mol. The van der Waals surface area contributed by atoms with Gasteiger partial charge in [0.15, 0.2) is 0 Å². The minimum Gasteiger partial charge on any atom is -0.393 e. The lowest BCUT2D eigenvalue weighted by molar-refractivity contribution is -0.145. The molecule has 25 heavy (non-hydrogen) atoms. The Hall–Kier alpha value is -1.88. The van der Waals surface area contributed by atoms with Crippen molar-refractivity contribution in [2.45, 2.75) is 64.1 Å². The average molecular weight is 342 g/mol. The summed E-state index contributed by atoms with van der Waals surface area (Å²) < 4.78 is 0. The third-order valence-corrected chi connectivity index (χ3v) is 5.98.